The van der Waals surface area contributed by atoms with E-state index in [4.69, 9.17) is 32.0 Å². The van der Waals surface area contributed by atoms with Gasteiger partial charge in [0, 0.05) is 0 Å². The van der Waals surface area contributed by atoms with E-state index < -0.39 is 11.3 Å². The van der Waals surface area contributed by atoms with Crippen LogP contribution in [0.1, 0.15) is 5.56 Å². The summed E-state index contributed by atoms with van der Waals surface area (Å²) in [5, 5.41) is 0.00757. The maximum atomic E-state index is 11.9. The third-order valence-electron chi connectivity index (χ3n) is 2.80. The van der Waals surface area contributed by atoms with Crippen LogP contribution < -0.4 is 11.3 Å². The molecule has 2 heterocycles. The molecule has 3 aromatic rings. The normalized spacial score (nSPS) is 11.3. The highest BCUT2D eigenvalue weighted by molar-refractivity contribution is 6.45. The van der Waals surface area contributed by atoms with Gasteiger partial charge in [-0.1, -0.05) is 34.8 Å². The third-order valence-corrected chi connectivity index (χ3v) is 3.62. The van der Waals surface area contributed by atoms with E-state index in [-0.39, 0.29) is 21.0 Å². The molecule has 0 bridgehead atoms. The van der Waals surface area contributed by atoms with Crippen molar-refractivity contribution in [2.75, 3.05) is 0 Å². The summed E-state index contributed by atoms with van der Waals surface area (Å²) in [6.45, 7) is 1.87. The Morgan fingerprint density at radius 1 is 1.00 bits per heavy atom. The van der Waals surface area contributed by atoms with Crippen molar-refractivity contribution in [2.45, 2.75) is 6.92 Å². The number of fused-ring (bicyclic) bond motifs is 3. The highest BCUT2D eigenvalue weighted by Gasteiger charge is 2.18. The minimum absolute atomic E-state index is 0.0237. The standard InChI is InChI=1S/C13H6Cl2O4/c1-5-2-3-7-6(4-5)11-8(12(16)18-7)9(14)10(15)13(17)19-11/h2-4H,1H3. The Kier molecular flexibility index (Phi) is 2.66. The Morgan fingerprint density at radius 3 is 2.47 bits per heavy atom. The summed E-state index contributed by atoms with van der Waals surface area (Å²) in [5.74, 6) is 0. The number of hydrogen-bond acceptors (Lipinski definition) is 4. The molecule has 0 aliphatic heterocycles. The van der Waals surface area contributed by atoms with Gasteiger partial charge < -0.3 is 8.83 Å². The molecule has 0 aliphatic carbocycles. The number of rotatable bonds is 0. The lowest BCUT2D eigenvalue weighted by Gasteiger charge is -2.04. The van der Waals surface area contributed by atoms with Gasteiger partial charge in [-0.25, -0.2) is 9.59 Å². The van der Waals surface area contributed by atoms with Gasteiger partial charge in [0.05, 0.1) is 10.4 Å². The van der Waals surface area contributed by atoms with Crippen molar-refractivity contribution >= 4 is 45.1 Å². The monoisotopic (exact) mass is 296 g/mol. The largest absolute Gasteiger partial charge is 0.422 e. The van der Waals surface area contributed by atoms with Crippen LogP contribution in [0, 0.1) is 6.92 Å². The maximum absolute atomic E-state index is 11.9. The second kappa shape index (κ2) is 4.11. The number of benzene rings is 1. The van der Waals surface area contributed by atoms with Gasteiger partial charge >= 0.3 is 11.3 Å². The van der Waals surface area contributed by atoms with Gasteiger partial charge in [0.1, 0.15) is 16.0 Å². The average molecular weight is 297 g/mol. The first-order valence-electron chi connectivity index (χ1n) is 5.34. The molecule has 0 spiro atoms. The smallest absolute Gasteiger partial charge is 0.356 e. The summed E-state index contributed by atoms with van der Waals surface area (Å²) in [7, 11) is 0. The van der Waals surface area contributed by atoms with E-state index in [1.165, 1.54) is 0 Å². The van der Waals surface area contributed by atoms with Crippen molar-refractivity contribution in [2.24, 2.45) is 0 Å². The summed E-state index contributed by atoms with van der Waals surface area (Å²) in [6, 6.07) is 5.16. The van der Waals surface area contributed by atoms with E-state index in [1.54, 1.807) is 18.2 Å². The predicted molar refractivity (Wildman–Crippen MR) is 73.3 cm³/mol. The second-order valence-corrected chi connectivity index (χ2v) is 4.87. The highest BCUT2D eigenvalue weighted by Crippen LogP contribution is 2.30. The Bertz CT molecular complexity index is 937. The van der Waals surface area contributed by atoms with Crippen molar-refractivity contribution in [3.63, 3.8) is 0 Å². The first-order chi connectivity index (χ1) is 8.99. The van der Waals surface area contributed by atoms with Crippen LogP contribution >= 0.6 is 23.2 Å². The van der Waals surface area contributed by atoms with Crippen molar-refractivity contribution in [1.29, 1.82) is 0 Å². The van der Waals surface area contributed by atoms with E-state index in [0.717, 1.165) is 5.56 Å². The van der Waals surface area contributed by atoms with Gasteiger partial charge in [0.2, 0.25) is 0 Å². The molecule has 0 unspecified atom stereocenters. The van der Waals surface area contributed by atoms with Gasteiger partial charge in [-0.15, -0.1) is 0 Å². The molecule has 0 saturated heterocycles. The highest BCUT2D eigenvalue weighted by atomic mass is 35.5. The fraction of sp³-hybridized carbons (Fsp3) is 0.0769. The van der Waals surface area contributed by atoms with Gasteiger partial charge in [-0.2, -0.15) is 0 Å². The van der Waals surface area contributed by atoms with Crippen LogP contribution in [-0.4, -0.2) is 0 Å². The Balaban J connectivity index is 2.72. The third kappa shape index (κ3) is 1.76. The molecule has 0 radical (unpaired) electrons. The van der Waals surface area contributed by atoms with Crippen LogP contribution in [0.15, 0.2) is 36.6 Å². The van der Waals surface area contributed by atoms with Crippen LogP contribution in [0.25, 0.3) is 21.9 Å². The first-order valence-corrected chi connectivity index (χ1v) is 6.10. The maximum Gasteiger partial charge on any atom is 0.356 e. The first kappa shape index (κ1) is 12.3. The second-order valence-electron chi connectivity index (χ2n) is 4.11. The molecular formula is C13H6Cl2O4. The average Bonchev–Trinajstić information content (AvgIpc) is 2.36. The zero-order valence-corrected chi connectivity index (χ0v) is 11.1. The molecule has 0 N–H and O–H groups in total. The Morgan fingerprint density at radius 2 is 1.74 bits per heavy atom. The Hall–Kier alpha value is -1.78. The predicted octanol–water partition coefficient (Wildman–Crippen LogP) is 3.51. The number of aryl methyl sites for hydroxylation is 1. The lowest BCUT2D eigenvalue weighted by atomic mass is 10.1. The molecule has 0 saturated carbocycles. The summed E-state index contributed by atoms with van der Waals surface area (Å²) >= 11 is 11.6. The van der Waals surface area contributed by atoms with Crippen LogP contribution in [0.2, 0.25) is 10.0 Å². The molecule has 96 valence electrons. The molecule has 0 fully saturated rings. The van der Waals surface area contributed by atoms with E-state index in [9.17, 15) is 9.59 Å². The van der Waals surface area contributed by atoms with E-state index in [2.05, 4.69) is 0 Å². The van der Waals surface area contributed by atoms with Gasteiger partial charge in [-0.3, -0.25) is 0 Å². The zero-order valence-electron chi connectivity index (χ0n) is 9.62. The summed E-state index contributed by atoms with van der Waals surface area (Å²) in [5.41, 5.74) is -0.134. The lowest BCUT2D eigenvalue weighted by Crippen LogP contribution is -2.07. The van der Waals surface area contributed by atoms with Crippen LogP contribution in [0.3, 0.4) is 0 Å². The summed E-state index contributed by atoms with van der Waals surface area (Å²) in [6.07, 6.45) is 0. The van der Waals surface area contributed by atoms with E-state index in [1.807, 2.05) is 6.92 Å². The van der Waals surface area contributed by atoms with Crippen molar-refractivity contribution in [3.05, 3.63) is 54.6 Å². The van der Waals surface area contributed by atoms with Crippen LogP contribution in [0.5, 0.6) is 0 Å². The van der Waals surface area contributed by atoms with Gasteiger partial charge in [0.15, 0.2) is 5.58 Å². The molecular weight excluding hydrogens is 291 g/mol. The molecule has 0 amide bonds. The summed E-state index contributed by atoms with van der Waals surface area (Å²) < 4.78 is 10.2. The van der Waals surface area contributed by atoms with Gasteiger partial charge in [0.25, 0.3) is 0 Å². The van der Waals surface area contributed by atoms with E-state index in [0.29, 0.717) is 11.0 Å². The molecule has 1 aromatic carbocycles. The van der Waals surface area contributed by atoms with Crippen molar-refractivity contribution in [1.82, 2.24) is 0 Å². The topological polar surface area (TPSA) is 60.4 Å². The molecule has 3 rings (SSSR count). The lowest BCUT2D eigenvalue weighted by molar-refractivity contribution is 0.543. The molecule has 0 atom stereocenters. The van der Waals surface area contributed by atoms with Gasteiger partial charge in [-0.05, 0) is 19.1 Å². The minimum Gasteiger partial charge on any atom is -0.422 e. The molecule has 19 heavy (non-hydrogen) atoms. The van der Waals surface area contributed by atoms with Crippen molar-refractivity contribution < 1.29 is 8.83 Å². The zero-order chi connectivity index (χ0) is 13.7. The summed E-state index contributed by atoms with van der Waals surface area (Å²) in [4.78, 5) is 23.5. The van der Waals surface area contributed by atoms with Crippen LogP contribution in [-0.2, 0) is 0 Å². The minimum atomic E-state index is -0.785. The molecule has 6 heteroatoms. The fourth-order valence-corrected chi connectivity index (χ4v) is 2.29. The van der Waals surface area contributed by atoms with Crippen molar-refractivity contribution in [3.8, 4) is 0 Å². The molecule has 0 aliphatic rings. The number of halogens is 2. The quantitative estimate of drug-likeness (QED) is 0.470. The molecule has 4 nitrogen and oxygen atoms in total. The fourth-order valence-electron chi connectivity index (χ4n) is 1.92. The Labute approximate surface area is 116 Å². The number of hydrogen-bond donors (Lipinski definition) is 0. The van der Waals surface area contributed by atoms with Crippen LogP contribution in [0.4, 0.5) is 0 Å². The molecule has 2 aromatic heterocycles. The van der Waals surface area contributed by atoms with E-state index >= 15 is 0 Å². The SMILES string of the molecule is Cc1ccc2oc(=O)c3c(Cl)c(Cl)c(=O)oc3c2c1.